The molecule has 0 bridgehead atoms. The van der Waals surface area contributed by atoms with Crippen molar-refractivity contribution in [2.24, 2.45) is 0 Å². The van der Waals surface area contributed by atoms with Gasteiger partial charge in [0.15, 0.2) is 0 Å². The Kier molecular flexibility index (Phi) is 2.91. The first-order chi connectivity index (χ1) is 7.68. The number of pyridine rings is 1. The van der Waals surface area contributed by atoms with Gasteiger partial charge in [-0.3, -0.25) is 4.79 Å². The molecule has 1 heterocycles. The van der Waals surface area contributed by atoms with Crippen LogP contribution in [0.1, 0.15) is 13.8 Å². The molecule has 0 N–H and O–H groups in total. The maximum Gasteiger partial charge on any atom is 0.251 e. The Morgan fingerprint density at radius 2 is 1.94 bits per heavy atom. The average molecular weight is 213 g/mol. The Bertz CT molecular complexity index is 589. The van der Waals surface area contributed by atoms with Crippen LogP contribution in [0.15, 0.2) is 52.8 Å². The molecule has 0 aliphatic rings. The molecular weight excluding hydrogens is 198 g/mol. The standard InChI is InChI=1S/C14H15NO/c1-11(2)9-10-15-13-6-4-3-5-12(13)7-8-14(15)16/h3-9H,10H2,1-2H3. The lowest BCUT2D eigenvalue weighted by atomic mass is 10.2. The van der Waals surface area contributed by atoms with E-state index in [9.17, 15) is 4.79 Å². The SMILES string of the molecule is CC(C)=CCn1c(=O)ccc2ccccc21. The van der Waals surface area contributed by atoms with Gasteiger partial charge in [-0.2, -0.15) is 0 Å². The summed E-state index contributed by atoms with van der Waals surface area (Å²) < 4.78 is 1.79. The molecule has 0 atom stereocenters. The van der Waals surface area contributed by atoms with Gasteiger partial charge >= 0.3 is 0 Å². The minimum atomic E-state index is 0.0520. The van der Waals surface area contributed by atoms with Crippen molar-refractivity contribution in [3.8, 4) is 0 Å². The summed E-state index contributed by atoms with van der Waals surface area (Å²) in [6.07, 6.45) is 2.06. The Balaban J connectivity index is 2.62. The van der Waals surface area contributed by atoms with E-state index in [2.05, 4.69) is 6.08 Å². The van der Waals surface area contributed by atoms with Gasteiger partial charge in [-0.1, -0.05) is 29.8 Å². The van der Waals surface area contributed by atoms with Crippen LogP contribution in [0.5, 0.6) is 0 Å². The van der Waals surface area contributed by atoms with E-state index in [-0.39, 0.29) is 5.56 Å². The molecule has 0 radical (unpaired) electrons. The van der Waals surface area contributed by atoms with Crippen LogP contribution in [-0.2, 0) is 6.54 Å². The molecule has 2 rings (SSSR count). The lowest BCUT2D eigenvalue weighted by molar-refractivity contribution is 0.811. The summed E-state index contributed by atoms with van der Waals surface area (Å²) in [5, 5.41) is 1.10. The molecule has 0 fully saturated rings. The van der Waals surface area contributed by atoms with Crippen molar-refractivity contribution < 1.29 is 0 Å². The van der Waals surface area contributed by atoms with Crippen molar-refractivity contribution in [2.45, 2.75) is 20.4 Å². The number of allylic oxidation sites excluding steroid dienone is 2. The number of fused-ring (bicyclic) bond motifs is 1. The molecule has 0 spiro atoms. The van der Waals surface area contributed by atoms with Gasteiger partial charge in [-0.05, 0) is 31.4 Å². The molecule has 16 heavy (non-hydrogen) atoms. The smallest absolute Gasteiger partial charge is 0.251 e. The number of benzene rings is 1. The van der Waals surface area contributed by atoms with E-state index in [0.29, 0.717) is 6.54 Å². The van der Waals surface area contributed by atoms with Crippen molar-refractivity contribution in [3.05, 3.63) is 58.4 Å². The van der Waals surface area contributed by atoms with Gasteiger partial charge in [0.2, 0.25) is 0 Å². The number of nitrogens with zero attached hydrogens (tertiary/aromatic N) is 1. The molecule has 1 aromatic heterocycles. The van der Waals surface area contributed by atoms with E-state index in [0.717, 1.165) is 10.9 Å². The number of hydrogen-bond acceptors (Lipinski definition) is 1. The van der Waals surface area contributed by atoms with E-state index >= 15 is 0 Å². The average Bonchev–Trinajstić information content (AvgIpc) is 2.27. The monoisotopic (exact) mass is 213 g/mol. The maximum absolute atomic E-state index is 11.8. The van der Waals surface area contributed by atoms with E-state index in [1.54, 1.807) is 10.6 Å². The number of para-hydroxylation sites is 1. The van der Waals surface area contributed by atoms with E-state index in [1.807, 2.05) is 44.2 Å². The summed E-state index contributed by atoms with van der Waals surface area (Å²) in [4.78, 5) is 11.8. The summed E-state index contributed by atoms with van der Waals surface area (Å²) in [5.41, 5.74) is 2.27. The third-order valence-corrected chi connectivity index (χ3v) is 2.58. The topological polar surface area (TPSA) is 22.0 Å². The second kappa shape index (κ2) is 4.35. The zero-order chi connectivity index (χ0) is 11.5. The molecule has 0 saturated heterocycles. The van der Waals surface area contributed by atoms with Gasteiger partial charge < -0.3 is 4.57 Å². The molecule has 2 aromatic rings. The van der Waals surface area contributed by atoms with Crippen molar-refractivity contribution in [2.75, 3.05) is 0 Å². The summed E-state index contributed by atoms with van der Waals surface area (Å²) >= 11 is 0. The minimum absolute atomic E-state index is 0.0520. The Labute approximate surface area is 94.8 Å². The molecule has 0 aliphatic carbocycles. The molecule has 0 saturated carbocycles. The molecule has 82 valence electrons. The number of rotatable bonds is 2. The highest BCUT2D eigenvalue weighted by Gasteiger charge is 1.99. The first-order valence-corrected chi connectivity index (χ1v) is 5.40. The van der Waals surface area contributed by atoms with Gasteiger partial charge in [0, 0.05) is 12.6 Å². The normalized spacial score (nSPS) is 10.4. The quantitative estimate of drug-likeness (QED) is 0.703. The van der Waals surface area contributed by atoms with E-state index in [4.69, 9.17) is 0 Å². The van der Waals surface area contributed by atoms with Gasteiger partial charge in [-0.25, -0.2) is 0 Å². The summed E-state index contributed by atoms with van der Waals surface area (Å²) in [5.74, 6) is 0. The maximum atomic E-state index is 11.8. The van der Waals surface area contributed by atoms with Gasteiger partial charge in [0.25, 0.3) is 5.56 Å². The number of hydrogen-bond donors (Lipinski definition) is 0. The molecule has 0 aliphatic heterocycles. The predicted octanol–water partition coefficient (Wildman–Crippen LogP) is 2.97. The summed E-state index contributed by atoms with van der Waals surface area (Å²) in [6, 6.07) is 11.4. The summed E-state index contributed by atoms with van der Waals surface area (Å²) in [7, 11) is 0. The molecular formula is C14H15NO. The fraction of sp³-hybridized carbons (Fsp3) is 0.214. The van der Waals surface area contributed by atoms with E-state index in [1.165, 1.54) is 5.57 Å². The fourth-order valence-electron chi connectivity index (χ4n) is 1.71. The molecule has 2 nitrogen and oxygen atoms in total. The minimum Gasteiger partial charge on any atom is -0.304 e. The lowest BCUT2D eigenvalue weighted by Gasteiger charge is -2.07. The fourth-order valence-corrected chi connectivity index (χ4v) is 1.71. The third kappa shape index (κ3) is 2.06. The number of aromatic nitrogens is 1. The first-order valence-electron chi connectivity index (χ1n) is 5.40. The predicted molar refractivity (Wildman–Crippen MR) is 67.6 cm³/mol. The van der Waals surface area contributed by atoms with Crippen molar-refractivity contribution in [1.29, 1.82) is 0 Å². The van der Waals surface area contributed by atoms with E-state index < -0.39 is 0 Å². The van der Waals surface area contributed by atoms with Gasteiger partial charge in [0.05, 0.1) is 5.52 Å². The first kappa shape index (κ1) is 10.7. The molecule has 2 heteroatoms. The van der Waals surface area contributed by atoms with Crippen molar-refractivity contribution >= 4 is 10.9 Å². The highest BCUT2D eigenvalue weighted by molar-refractivity contribution is 5.78. The van der Waals surface area contributed by atoms with Gasteiger partial charge in [-0.15, -0.1) is 0 Å². The molecule has 0 amide bonds. The highest BCUT2D eigenvalue weighted by Crippen LogP contribution is 2.11. The Morgan fingerprint density at radius 3 is 2.69 bits per heavy atom. The zero-order valence-electron chi connectivity index (χ0n) is 9.60. The molecule has 1 aromatic carbocycles. The van der Waals surface area contributed by atoms with Crippen LogP contribution in [-0.4, -0.2) is 4.57 Å². The lowest BCUT2D eigenvalue weighted by Crippen LogP contribution is -2.18. The van der Waals surface area contributed by atoms with Crippen LogP contribution in [0.4, 0.5) is 0 Å². The largest absolute Gasteiger partial charge is 0.304 e. The third-order valence-electron chi connectivity index (χ3n) is 2.58. The van der Waals surface area contributed by atoms with Crippen LogP contribution in [0.3, 0.4) is 0 Å². The second-order valence-electron chi connectivity index (χ2n) is 4.12. The Morgan fingerprint density at radius 1 is 1.19 bits per heavy atom. The summed E-state index contributed by atoms with van der Waals surface area (Å²) in [6.45, 7) is 4.72. The van der Waals surface area contributed by atoms with Gasteiger partial charge in [0.1, 0.15) is 0 Å². The van der Waals surface area contributed by atoms with Crippen LogP contribution in [0.2, 0.25) is 0 Å². The zero-order valence-corrected chi connectivity index (χ0v) is 9.60. The Hall–Kier alpha value is -1.83. The van der Waals surface area contributed by atoms with Crippen molar-refractivity contribution in [1.82, 2.24) is 4.57 Å². The highest BCUT2D eigenvalue weighted by atomic mass is 16.1. The van der Waals surface area contributed by atoms with Crippen LogP contribution in [0, 0.1) is 0 Å². The van der Waals surface area contributed by atoms with Crippen LogP contribution in [0.25, 0.3) is 10.9 Å². The van der Waals surface area contributed by atoms with Crippen LogP contribution >= 0.6 is 0 Å². The van der Waals surface area contributed by atoms with Crippen molar-refractivity contribution in [3.63, 3.8) is 0 Å². The second-order valence-corrected chi connectivity index (χ2v) is 4.12. The van der Waals surface area contributed by atoms with Crippen LogP contribution < -0.4 is 5.56 Å². The molecule has 0 unspecified atom stereocenters.